The predicted octanol–water partition coefficient (Wildman–Crippen LogP) is 5.98. The maximum atomic E-state index is 3.76. The zero-order chi connectivity index (χ0) is 12.2. The van der Waals surface area contributed by atoms with Crippen molar-refractivity contribution in [2.45, 2.75) is 78.6 Å². The summed E-state index contributed by atoms with van der Waals surface area (Å²) >= 11 is 0. The number of rotatable bonds is 11. The molecule has 0 saturated carbocycles. The van der Waals surface area contributed by atoms with Gasteiger partial charge >= 0.3 is 0 Å². The van der Waals surface area contributed by atoms with Gasteiger partial charge < -0.3 is 0 Å². The van der Waals surface area contributed by atoms with Crippen molar-refractivity contribution in [1.82, 2.24) is 0 Å². The highest BCUT2D eigenvalue weighted by Crippen LogP contribution is 2.21. The van der Waals surface area contributed by atoms with Crippen LogP contribution in [0.2, 0.25) is 0 Å². The van der Waals surface area contributed by atoms with Crippen LogP contribution in [0.25, 0.3) is 0 Å². The highest BCUT2D eigenvalue weighted by molar-refractivity contribution is 4.65. The van der Waals surface area contributed by atoms with Crippen LogP contribution in [0.15, 0.2) is 12.7 Å². The van der Waals surface area contributed by atoms with Crippen molar-refractivity contribution >= 4 is 0 Å². The molecule has 0 aromatic carbocycles. The third kappa shape index (κ3) is 10.3. The highest BCUT2D eigenvalue weighted by atomic mass is 14.1. The fourth-order valence-corrected chi connectivity index (χ4v) is 2.55. The normalized spacial score (nSPS) is 14.7. The van der Waals surface area contributed by atoms with Crippen molar-refractivity contribution in [2.24, 2.45) is 11.8 Å². The summed E-state index contributed by atoms with van der Waals surface area (Å²) in [7, 11) is 0. The van der Waals surface area contributed by atoms with Crippen LogP contribution in [0.3, 0.4) is 0 Å². The summed E-state index contributed by atoms with van der Waals surface area (Å²) in [6.07, 6.45) is 14.4. The van der Waals surface area contributed by atoms with E-state index >= 15 is 0 Å². The van der Waals surface area contributed by atoms with Crippen molar-refractivity contribution in [2.75, 3.05) is 0 Å². The molecule has 0 rings (SSSR count). The standard InChI is InChI=1S/C16H32/c1-5-7-8-9-10-11-13-16(4)14-15(3)12-6-2/h5,15-16H,1,6-14H2,2-4H3. The maximum absolute atomic E-state index is 3.76. The zero-order valence-corrected chi connectivity index (χ0v) is 11.8. The summed E-state index contributed by atoms with van der Waals surface area (Å²) < 4.78 is 0. The molecule has 0 aromatic heterocycles. The van der Waals surface area contributed by atoms with Gasteiger partial charge in [-0.3, -0.25) is 0 Å². The summed E-state index contributed by atoms with van der Waals surface area (Å²) in [4.78, 5) is 0. The molecule has 0 aromatic rings. The van der Waals surface area contributed by atoms with Crippen LogP contribution in [0.5, 0.6) is 0 Å². The molecule has 0 spiro atoms. The lowest BCUT2D eigenvalue weighted by molar-refractivity contribution is 0.364. The molecule has 0 heterocycles. The van der Waals surface area contributed by atoms with Crippen LogP contribution in [-0.2, 0) is 0 Å². The molecule has 0 N–H and O–H groups in total. The van der Waals surface area contributed by atoms with Gasteiger partial charge in [-0.15, -0.1) is 6.58 Å². The molecular weight excluding hydrogens is 192 g/mol. The second kappa shape index (κ2) is 11.2. The topological polar surface area (TPSA) is 0 Å². The first kappa shape index (κ1) is 15.7. The molecule has 0 saturated heterocycles. The van der Waals surface area contributed by atoms with Gasteiger partial charge in [-0.1, -0.05) is 65.4 Å². The third-order valence-corrected chi connectivity index (χ3v) is 3.44. The lowest BCUT2D eigenvalue weighted by Gasteiger charge is -2.16. The van der Waals surface area contributed by atoms with Gasteiger partial charge in [-0.2, -0.15) is 0 Å². The van der Waals surface area contributed by atoms with E-state index in [2.05, 4.69) is 27.4 Å². The van der Waals surface area contributed by atoms with Crippen LogP contribution in [-0.4, -0.2) is 0 Å². The summed E-state index contributed by atoms with van der Waals surface area (Å²) in [6, 6.07) is 0. The van der Waals surface area contributed by atoms with Crippen LogP contribution in [0.1, 0.15) is 78.6 Å². The second-order valence-electron chi connectivity index (χ2n) is 5.51. The van der Waals surface area contributed by atoms with E-state index in [1.807, 2.05) is 6.08 Å². The van der Waals surface area contributed by atoms with Crippen LogP contribution < -0.4 is 0 Å². The highest BCUT2D eigenvalue weighted by Gasteiger charge is 2.07. The molecule has 0 amide bonds. The summed E-state index contributed by atoms with van der Waals surface area (Å²) in [5, 5.41) is 0. The van der Waals surface area contributed by atoms with E-state index < -0.39 is 0 Å². The Balaban J connectivity index is 3.29. The molecular formula is C16H32. The predicted molar refractivity (Wildman–Crippen MR) is 75.8 cm³/mol. The molecule has 2 atom stereocenters. The van der Waals surface area contributed by atoms with Gasteiger partial charge in [0.05, 0.1) is 0 Å². The first-order valence-corrected chi connectivity index (χ1v) is 7.31. The van der Waals surface area contributed by atoms with Crippen molar-refractivity contribution in [3.05, 3.63) is 12.7 Å². The Morgan fingerprint density at radius 3 is 2.19 bits per heavy atom. The van der Waals surface area contributed by atoms with E-state index in [1.165, 1.54) is 57.8 Å². The Bertz CT molecular complexity index is 148. The number of hydrogen-bond acceptors (Lipinski definition) is 0. The van der Waals surface area contributed by atoms with Crippen LogP contribution in [0, 0.1) is 11.8 Å². The van der Waals surface area contributed by atoms with Crippen molar-refractivity contribution in [1.29, 1.82) is 0 Å². The van der Waals surface area contributed by atoms with E-state index in [4.69, 9.17) is 0 Å². The number of allylic oxidation sites excluding steroid dienone is 1. The first-order chi connectivity index (χ1) is 7.70. The minimum Gasteiger partial charge on any atom is -0.103 e. The average molecular weight is 224 g/mol. The second-order valence-corrected chi connectivity index (χ2v) is 5.51. The van der Waals surface area contributed by atoms with Crippen molar-refractivity contribution < 1.29 is 0 Å². The molecule has 0 nitrogen and oxygen atoms in total. The lowest BCUT2D eigenvalue weighted by atomic mass is 9.90. The zero-order valence-electron chi connectivity index (χ0n) is 11.8. The van der Waals surface area contributed by atoms with E-state index in [0.29, 0.717) is 0 Å². The van der Waals surface area contributed by atoms with E-state index in [1.54, 1.807) is 0 Å². The Morgan fingerprint density at radius 1 is 0.938 bits per heavy atom. The summed E-state index contributed by atoms with van der Waals surface area (Å²) in [6.45, 7) is 10.9. The summed E-state index contributed by atoms with van der Waals surface area (Å²) in [5.41, 5.74) is 0. The van der Waals surface area contributed by atoms with Gasteiger partial charge in [0.25, 0.3) is 0 Å². The Kier molecular flexibility index (Phi) is 11.0. The van der Waals surface area contributed by atoms with E-state index in [-0.39, 0.29) is 0 Å². The Hall–Kier alpha value is -0.260. The maximum Gasteiger partial charge on any atom is -0.0353 e. The van der Waals surface area contributed by atoms with Gasteiger partial charge in [0, 0.05) is 0 Å². The van der Waals surface area contributed by atoms with Crippen molar-refractivity contribution in [3.63, 3.8) is 0 Å². The molecule has 0 heteroatoms. The molecule has 0 radical (unpaired) electrons. The fraction of sp³-hybridized carbons (Fsp3) is 0.875. The van der Waals surface area contributed by atoms with Crippen molar-refractivity contribution in [3.8, 4) is 0 Å². The molecule has 0 aliphatic carbocycles. The van der Waals surface area contributed by atoms with Gasteiger partial charge in [0.2, 0.25) is 0 Å². The third-order valence-electron chi connectivity index (χ3n) is 3.44. The summed E-state index contributed by atoms with van der Waals surface area (Å²) in [5.74, 6) is 1.86. The van der Waals surface area contributed by atoms with E-state index in [0.717, 1.165) is 11.8 Å². The number of unbranched alkanes of at least 4 members (excludes halogenated alkanes) is 4. The smallest absolute Gasteiger partial charge is 0.0353 e. The Morgan fingerprint density at radius 2 is 1.56 bits per heavy atom. The molecule has 0 bridgehead atoms. The molecule has 2 unspecified atom stereocenters. The van der Waals surface area contributed by atoms with Gasteiger partial charge in [0.15, 0.2) is 0 Å². The van der Waals surface area contributed by atoms with E-state index in [9.17, 15) is 0 Å². The van der Waals surface area contributed by atoms with Crippen LogP contribution >= 0.6 is 0 Å². The minimum atomic E-state index is 0.931. The fourth-order valence-electron chi connectivity index (χ4n) is 2.55. The SMILES string of the molecule is C=CCCCCCCC(C)CC(C)CCC. The average Bonchev–Trinajstić information content (AvgIpc) is 2.23. The monoisotopic (exact) mass is 224 g/mol. The molecule has 96 valence electrons. The molecule has 0 aliphatic heterocycles. The molecule has 16 heavy (non-hydrogen) atoms. The quantitative estimate of drug-likeness (QED) is 0.299. The van der Waals surface area contributed by atoms with Crippen LogP contribution in [0.4, 0.5) is 0 Å². The van der Waals surface area contributed by atoms with Gasteiger partial charge in [-0.25, -0.2) is 0 Å². The van der Waals surface area contributed by atoms with Gasteiger partial charge in [0.1, 0.15) is 0 Å². The molecule has 0 aliphatic rings. The number of hydrogen-bond donors (Lipinski definition) is 0. The molecule has 0 fully saturated rings. The lowest BCUT2D eigenvalue weighted by Crippen LogP contribution is -2.03. The minimum absolute atomic E-state index is 0.931. The first-order valence-electron chi connectivity index (χ1n) is 7.31. The van der Waals surface area contributed by atoms with Gasteiger partial charge in [-0.05, 0) is 31.1 Å². The largest absolute Gasteiger partial charge is 0.103 e. The Labute approximate surface area is 104 Å².